The molecule has 0 unspecified atom stereocenters. The van der Waals surface area contributed by atoms with E-state index >= 15 is 0 Å². The number of hydrogen-bond donors (Lipinski definition) is 0. The lowest BCUT2D eigenvalue weighted by atomic mass is 9.87. The summed E-state index contributed by atoms with van der Waals surface area (Å²) < 4.78 is 0. The van der Waals surface area contributed by atoms with Crippen molar-refractivity contribution < 1.29 is 4.79 Å². The number of anilines is 1. The molecule has 3 heteroatoms. The van der Waals surface area contributed by atoms with Crippen LogP contribution in [0, 0.1) is 13.8 Å². The SMILES string of the molecule is CC1=CC(C)(C)N(C(=O)[C@H](C)Cl)c2cc(C)c(C)cc21. The summed E-state index contributed by atoms with van der Waals surface area (Å²) in [5.74, 6) is -0.0510. The van der Waals surface area contributed by atoms with Crippen molar-refractivity contribution >= 4 is 28.8 Å². The molecule has 20 heavy (non-hydrogen) atoms. The summed E-state index contributed by atoms with van der Waals surface area (Å²) in [6, 6.07) is 4.25. The molecule has 0 saturated carbocycles. The van der Waals surface area contributed by atoms with Crippen LogP contribution in [0.2, 0.25) is 0 Å². The predicted molar refractivity (Wildman–Crippen MR) is 86.4 cm³/mol. The van der Waals surface area contributed by atoms with E-state index in [1.165, 1.54) is 16.7 Å². The molecule has 1 aromatic carbocycles. The van der Waals surface area contributed by atoms with Crippen LogP contribution in [0.3, 0.4) is 0 Å². The number of aryl methyl sites for hydroxylation is 2. The average Bonchev–Trinajstić information content (AvgIpc) is 2.30. The van der Waals surface area contributed by atoms with Gasteiger partial charge < -0.3 is 4.90 Å². The molecule has 1 heterocycles. The Kier molecular flexibility index (Phi) is 3.72. The normalized spacial score (nSPS) is 18.4. The van der Waals surface area contributed by atoms with Gasteiger partial charge in [-0.2, -0.15) is 0 Å². The Bertz CT molecular complexity index is 599. The third kappa shape index (κ3) is 2.37. The topological polar surface area (TPSA) is 20.3 Å². The lowest BCUT2D eigenvalue weighted by Crippen LogP contribution is -2.51. The van der Waals surface area contributed by atoms with E-state index in [0.717, 1.165) is 11.3 Å². The van der Waals surface area contributed by atoms with Crippen molar-refractivity contribution in [2.45, 2.75) is 52.5 Å². The largest absolute Gasteiger partial charge is 0.301 e. The Morgan fingerprint density at radius 3 is 2.30 bits per heavy atom. The summed E-state index contributed by atoms with van der Waals surface area (Å²) in [4.78, 5) is 14.4. The second-order valence-corrected chi connectivity index (χ2v) is 6.88. The molecule has 0 aromatic heterocycles. The fourth-order valence-corrected chi connectivity index (χ4v) is 2.96. The zero-order chi connectivity index (χ0) is 15.2. The van der Waals surface area contributed by atoms with Crippen LogP contribution in [0.1, 0.15) is 44.4 Å². The average molecular weight is 292 g/mol. The number of amides is 1. The van der Waals surface area contributed by atoms with E-state index < -0.39 is 5.38 Å². The van der Waals surface area contributed by atoms with E-state index in [2.05, 4.69) is 39.0 Å². The van der Waals surface area contributed by atoms with Gasteiger partial charge in [-0.25, -0.2) is 0 Å². The number of rotatable bonds is 1. The molecular formula is C17H22ClNO. The Morgan fingerprint density at radius 2 is 1.75 bits per heavy atom. The molecule has 0 saturated heterocycles. The lowest BCUT2D eigenvalue weighted by Gasteiger charge is -2.42. The van der Waals surface area contributed by atoms with E-state index in [4.69, 9.17) is 11.6 Å². The number of alkyl halides is 1. The quantitative estimate of drug-likeness (QED) is 0.700. The Morgan fingerprint density at radius 1 is 1.20 bits per heavy atom. The first-order valence-corrected chi connectivity index (χ1v) is 7.38. The van der Waals surface area contributed by atoms with Gasteiger partial charge in [0.25, 0.3) is 0 Å². The molecule has 2 nitrogen and oxygen atoms in total. The molecule has 1 aliphatic rings. The number of benzene rings is 1. The van der Waals surface area contributed by atoms with E-state index in [9.17, 15) is 4.79 Å². The molecule has 1 atom stereocenters. The van der Waals surface area contributed by atoms with Gasteiger partial charge in [0, 0.05) is 5.56 Å². The molecule has 108 valence electrons. The first kappa shape index (κ1) is 15.1. The minimum absolute atomic E-state index is 0.0510. The Balaban J connectivity index is 2.70. The van der Waals surface area contributed by atoms with Crippen molar-refractivity contribution in [3.63, 3.8) is 0 Å². The van der Waals surface area contributed by atoms with Crippen molar-refractivity contribution in [2.24, 2.45) is 0 Å². The van der Waals surface area contributed by atoms with E-state index in [-0.39, 0.29) is 11.4 Å². The van der Waals surface area contributed by atoms with Crippen molar-refractivity contribution in [1.29, 1.82) is 0 Å². The van der Waals surface area contributed by atoms with Crippen LogP contribution < -0.4 is 4.90 Å². The monoisotopic (exact) mass is 291 g/mol. The maximum atomic E-state index is 12.5. The minimum atomic E-state index is -0.532. The highest BCUT2D eigenvalue weighted by Gasteiger charge is 2.37. The third-order valence-electron chi connectivity index (χ3n) is 3.98. The number of fused-ring (bicyclic) bond motifs is 1. The summed E-state index contributed by atoms with van der Waals surface area (Å²) in [5, 5.41) is -0.532. The fraction of sp³-hybridized carbons (Fsp3) is 0.471. The zero-order valence-corrected chi connectivity index (χ0v) is 13.8. The molecule has 0 spiro atoms. The third-order valence-corrected chi connectivity index (χ3v) is 4.17. The Hall–Kier alpha value is -1.28. The maximum Gasteiger partial charge on any atom is 0.245 e. The lowest BCUT2D eigenvalue weighted by molar-refractivity contribution is -0.118. The van der Waals surface area contributed by atoms with Crippen LogP contribution in [0.25, 0.3) is 5.57 Å². The van der Waals surface area contributed by atoms with Crippen molar-refractivity contribution in [3.05, 3.63) is 34.9 Å². The number of halogens is 1. The molecule has 1 aromatic rings. The summed E-state index contributed by atoms with van der Waals surface area (Å²) >= 11 is 6.05. The van der Waals surface area contributed by atoms with Crippen molar-refractivity contribution in [3.8, 4) is 0 Å². The number of carbonyl (C=O) groups is 1. The fourth-order valence-electron chi connectivity index (χ4n) is 2.86. The first-order chi connectivity index (χ1) is 9.15. The smallest absolute Gasteiger partial charge is 0.245 e. The first-order valence-electron chi connectivity index (χ1n) is 6.94. The highest BCUT2D eigenvalue weighted by atomic mass is 35.5. The van der Waals surface area contributed by atoms with Crippen LogP contribution in [0.5, 0.6) is 0 Å². The van der Waals surface area contributed by atoms with Gasteiger partial charge >= 0.3 is 0 Å². The number of allylic oxidation sites excluding steroid dienone is 1. The van der Waals surface area contributed by atoms with Gasteiger partial charge in [-0.1, -0.05) is 6.08 Å². The predicted octanol–water partition coefficient (Wildman–Crippen LogP) is 4.46. The molecule has 1 aliphatic heterocycles. The standard InChI is InChI=1S/C17H22ClNO/c1-10-7-14-12(3)9-17(5,6)19(16(20)13(4)18)15(14)8-11(10)2/h7-9,13H,1-6H3/t13-/m0/s1. The summed E-state index contributed by atoms with van der Waals surface area (Å²) in [7, 11) is 0. The minimum Gasteiger partial charge on any atom is -0.301 e. The molecule has 2 rings (SSSR count). The molecule has 0 radical (unpaired) electrons. The van der Waals surface area contributed by atoms with E-state index in [1.54, 1.807) is 6.92 Å². The highest BCUT2D eigenvalue weighted by Crippen LogP contribution is 2.40. The summed E-state index contributed by atoms with van der Waals surface area (Å²) in [6.45, 7) is 12.1. The summed E-state index contributed by atoms with van der Waals surface area (Å²) in [6.07, 6.45) is 2.14. The molecule has 0 N–H and O–H groups in total. The second kappa shape index (κ2) is 4.92. The molecular weight excluding hydrogens is 270 g/mol. The van der Waals surface area contributed by atoms with Gasteiger partial charge in [-0.05, 0) is 70.4 Å². The number of carbonyl (C=O) groups excluding carboxylic acids is 1. The van der Waals surface area contributed by atoms with Gasteiger partial charge in [0.05, 0.1) is 11.2 Å². The van der Waals surface area contributed by atoms with Gasteiger partial charge in [-0.15, -0.1) is 11.6 Å². The highest BCUT2D eigenvalue weighted by molar-refractivity contribution is 6.33. The van der Waals surface area contributed by atoms with Crippen LogP contribution in [-0.4, -0.2) is 16.8 Å². The van der Waals surface area contributed by atoms with Gasteiger partial charge in [-0.3, -0.25) is 4.79 Å². The van der Waals surface area contributed by atoms with Crippen LogP contribution in [0.4, 0.5) is 5.69 Å². The maximum absolute atomic E-state index is 12.5. The van der Waals surface area contributed by atoms with Crippen LogP contribution in [0.15, 0.2) is 18.2 Å². The van der Waals surface area contributed by atoms with E-state index in [0.29, 0.717) is 0 Å². The van der Waals surface area contributed by atoms with Crippen molar-refractivity contribution in [1.82, 2.24) is 0 Å². The number of nitrogens with zero attached hydrogens (tertiary/aromatic N) is 1. The molecule has 1 amide bonds. The Labute approximate surface area is 126 Å². The second-order valence-electron chi connectivity index (χ2n) is 6.22. The van der Waals surface area contributed by atoms with Crippen molar-refractivity contribution in [2.75, 3.05) is 4.90 Å². The summed E-state index contributed by atoms with van der Waals surface area (Å²) in [5.41, 5.74) is 5.36. The van der Waals surface area contributed by atoms with Gasteiger partial charge in [0.1, 0.15) is 5.38 Å². The molecule has 0 fully saturated rings. The van der Waals surface area contributed by atoms with E-state index in [1.807, 2.05) is 18.7 Å². The molecule has 0 bridgehead atoms. The zero-order valence-electron chi connectivity index (χ0n) is 13.0. The van der Waals surface area contributed by atoms with Gasteiger partial charge in [0.2, 0.25) is 5.91 Å². The number of hydrogen-bond acceptors (Lipinski definition) is 1. The van der Waals surface area contributed by atoms with Gasteiger partial charge in [0.15, 0.2) is 0 Å². The van der Waals surface area contributed by atoms with Crippen LogP contribution >= 0.6 is 11.6 Å². The molecule has 0 aliphatic carbocycles. The van der Waals surface area contributed by atoms with Crippen LogP contribution in [-0.2, 0) is 4.79 Å².